The Bertz CT molecular complexity index is 503. The largest absolute Gasteiger partial charge is 0.459 e. The Morgan fingerprint density at radius 2 is 2.35 bits per heavy atom. The standard InChI is InChI=1S/C12H14N2O2S/c1-8-11(17-9(2)14-8)5-6-13-12(15)10-4-3-7-16-10/h3-4,7H,5-6H2,1-2H3,(H,13,15). The number of nitrogens with zero attached hydrogens (tertiary/aromatic N) is 1. The molecule has 2 heterocycles. The van der Waals surface area contributed by atoms with Gasteiger partial charge in [0, 0.05) is 17.8 Å². The van der Waals surface area contributed by atoms with Crippen molar-refractivity contribution < 1.29 is 9.21 Å². The van der Waals surface area contributed by atoms with Crippen LogP contribution in [0.25, 0.3) is 0 Å². The van der Waals surface area contributed by atoms with Crippen molar-refractivity contribution in [1.29, 1.82) is 0 Å². The number of amides is 1. The van der Waals surface area contributed by atoms with Crippen LogP contribution in [-0.4, -0.2) is 17.4 Å². The Morgan fingerprint density at radius 3 is 2.94 bits per heavy atom. The lowest BCUT2D eigenvalue weighted by Gasteiger charge is -2.01. The molecule has 2 rings (SSSR count). The predicted octanol–water partition coefficient (Wildman–Crippen LogP) is 2.33. The number of carbonyl (C=O) groups is 1. The second kappa shape index (κ2) is 5.14. The van der Waals surface area contributed by atoms with Crippen LogP contribution in [0.5, 0.6) is 0 Å². The number of aryl methyl sites for hydroxylation is 2. The molecule has 5 heteroatoms. The molecule has 1 amide bonds. The van der Waals surface area contributed by atoms with Crippen molar-refractivity contribution >= 4 is 17.2 Å². The molecule has 0 atom stereocenters. The van der Waals surface area contributed by atoms with Gasteiger partial charge in [-0.15, -0.1) is 11.3 Å². The van der Waals surface area contributed by atoms with E-state index in [-0.39, 0.29) is 5.91 Å². The fourth-order valence-corrected chi connectivity index (χ4v) is 2.53. The van der Waals surface area contributed by atoms with Crippen LogP contribution < -0.4 is 5.32 Å². The van der Waals surface area contributed by atoms with Crippen LogP contribution in [0.4, 0.5) is 0 Å². The summed E-state index contributed by atoms with van der Waals surface area (Å²) in [4.78, 5) is 17.1. The SMILES string of the molecule is Cc1nc(C)c(CCNC(=O)c2ccco2)s1. The molecule has 0 bridgehead atoms. The average Bonchev–Trinajstić information content (AvgIpc) is 2.89. The lowest BCUT2D eigenvalue weighted by atomic mass is 10.3. The zero-order chi connectivity index (χ0) is 12.3. The first kappa shape index (κ1) is 11.9. The number of hydrogen-bond donors (Lipinski definition) is 1. The molecule has 2 aromatic heterocycles. The molecule has 0 radical (unpaired) electrons. The summed E-state index contributed by atoms with van der Waals surface area (Å²) in [6, 6.07) is 3.35. The van der Waals surface area contributed by atoms with Gasteiger partial charge < -0.3 is 9.73 Å². The number of hydrogen-bond acceptors (Lipinski definition) is 4. The van der Waals surface area contributed by atoms with Crippen molar-refractivity contribution in [2.75, 3.05) is 6.54 Å². The van der Waals surface area contributed by atoms with E-state index in [4.69, 9.17) is 4.42 Å². The molecule has 0 unspecified atom stereocenters. The van der Waals surface area contributed by atoms with Crippen LogP contribution in [-0.2, 0) is 6.42 Å². The highest BCUT2D eigenvalue weighted by Gasteiger charge is 2.09. The maximum Gasteiger partial charge on any atom is 0.286 e. The molecule has 90 valence electrons. The minimum Gasteiger partial charge on any atom is -0.459 e. The summed E-state index contributed by atoms with van der Waals surface area (Å²) in [6.07, 6.45) is 2.30. The zero-order valence-corrected chi connectivity index (χ0v) is 10.6. The Labute approximate surface area is 104 Å². The van der Waals surface area contributed by atoms with E-state index in [0.29, 0.717) is 12.3 Å². The molecular weight excluding hydrogens is 236 g/mol. The Hall–Kier alpha value is -1.62. The van der Waals surface area contributed by atoms with E-state index >= 15 is 0 Å². The van der Waals surface area contributed by atoms with Gasteiger partial charge >= 0.3 is 0 Å². The van der Waals surface area contributed by atoms with Gasteiger partial charge in [0.25, 0.3) is 5.91 Å². The van der Waals surface area contributed by atoms with Crippen LogP contribution >= 0.6 is 11.3 Å². The van der Waals surface area contributed by atoms with Crippen molar-refractivity contribution in [2.24, 2.45) is 0 Å². The quantitative estimate of drug-likeness (QED) is 0.906. The smallest absolute Gasteiger partial charge is 0.286 e. The molecule has 1 N–H and O–H groups in total. The van der Waals surface area contributed by atoms with E-state index in [1.807, 2.05) is 13.8 Å². The third-order valence-corrected chi connectivity index (χ3v) is 3.51. The van der Waals surface area contributed by atoms with Crippen molar-refractivity contribution in [3.8, 4) is 0 Å². The van der Waals surface area contributed by atoms with Gasteiger partial charge in [0.05, 0.1) is 17.0 Å². The number of carbonyl (C=O) groups excluding carboxylic acids is 1. The van der Waals surface area contributed by atoms with Crippen LogP contribution in [0, 0.1) is 13.8 Å². The molecule has 0 saturated heterocycles. The number of furan rings is 1. The monoisotopic (exact) mass is 250 g/mol. The molecule has 0 aromatic carbocycles. The summed E-state index contributed by atoms with van der Waals surface area (Å²) in [5.74, 6) is 0.177. The molecule has 0 aliphatic rings. The van der Waals surface area contributed by atoms with E-state index < -0.39 is 0 Å². The van der Waals surface area contributed by atoms with Crippen molar-refractivity contribution in [3.05, 3.63) is 39.7 Å². The molecule has 17 heavy (non-hydrogen) atoms. The van der Waals surface area contributed by atoms with Gasteiger partial charge in [0.15, 0.2) is 5.76 Å². The Balaban J connectivity index is 1.84. The van der Waals surface area contributed by atoms with E-state index in [0.717, 1.165) is 17.1 Å². The summed E-state index contributed by atoms with van der Waals surface area (Å²) in [6.45, 7) is 4.58. The van der Waals surface area contributed by atoms with Crippen LogP contribution in [0.2, 0.25) is 0 Å². The molecular formula is C12H14N2O2S. The van der Waals surface area contributed by atoms with Gasteiger partial charge in [-0.3, -0.25) is 4.79 Å². The normalized spacial score (nSPS) is 10.5. The Kier molecular flexibility index (Phi) is 3.58. The van der Waals surface area contributed by atoms with Gasteiger partial charge in [-0.25, -0.2) is 4.98 Å². The summed E-state index contributed by atoms with van der Waals surface area (Å²) >= 11 is 1.68. The molecule has 2 aromatic rings. The highest BCUT2D eigenvalue weighted by Crippen LogP contribution is 2.17. The fraction of sp³-hybridized carbons (Fsp3) is 0.333. The summed E-state index contributed by atoms with van der Waals surface area (Å²) in [5, 5.41) is 3.88. The summed E-state index contributed by atoms with van der Waals surface area (Å²) < 4.78 is 5.00. The van der Waals surface area contributed by atoms with E-state index in [1.165, 1.54) is 11.1 Å². The maximum atomic E-state index is 11.6. The number of aromatic nitrogens is 1. The van der Waals surface area contributed by atoms with Crippen LogP contribution in [0.15, 0.2) is 22.8 Å². The molecule has 0 aliphatic heterocycles. The van der Waals surface area contributed by atoms with Gasteiger partial charge in [0.2, 0.25) is 0 Å². The minimum atomic E-state index is -0.172. The van der Waals surface area contributed by atoms with Gasteiger partial charge in [-0.05, 0) is 26.0 Å². The molecule has 0 fully saturated rings. The highest BCUT2D eigenvalue weighted by molar-refractivity contribution is 7.11. The van der Waals surface area contributed by atoms with Gasteiger partial charge in [-0.2, -0.15) is 0 Å². The highest BCUT2D eigenvalue weighted by atomic mass is 32.1. The molecule has 0 saturated carbocycles. The topological polar surface area (TPSA) is 55.1 Å². The average molecular weight is 250 g/mol. The first-order valence-corrected chi connectivity index (χ1v) is 6.23. The van der Waals surface area contributed by atoms with Crippen molar-refractivity contribution in [3.63, 3.8) is 0 Å². The first-order chi connectivity index (χ1) is 8.16. The second-order valence-corrected chi connectivity index (χ2v) is 5.01. The zero-order valence-electron chi connectivity index (χ0n) is 9.82. The number of rotatable bonds is 4. The van der Waals surface area contributed by atoms with Gasteiger partial charge in [-0.1, -0.05) is 0 Å². The van der Waals surface area contributed by atoms with Gasteiger partial charge in [0.1, 0.15) is 0 Å². The lowest BCUT2D eigenvalue weighted by molar-refractivity contribution is 0.0926. The van der Waals surface area contributed by atoms with Crippen LogP contribution in [0.1, 0.15) is 26.1 Å². The molecule has 4 nitrogen and oxygen atoms in total. The first-order valence-electron chi connectivity index (χ1n) is 5.41. The third-order valence-electron chi connectivity index (χ3n) is 2.38. The minimum absolute atomic E-state index is 0.172. The maximum absolute atomic E-state index is 11.6. The summed E-state index contributed by atoms with van der Waals surface area (Å²) in [5.41, 5.74) is 1.06. The Morgan fingerprint density at radius 1 is 1.53 bits per heavy atom. The number of nitrogens with one attached hydrogen (secondary N) is 1. The fourth-order valence-electron chi connectivity index (χ4n) is 1.59. The second-order valence-electron chi connectivity index (χ2n) is 3.72. The molecule has 0 aliphatic carbocycles. The number of thiazole rings is 1. The van der Waals surface area contributed by atoms with E-state index in [9.17, 15) is 4.79 Å². The van der Waals surface area contributed by atoms with Crippen molar-refractivity contribution in [2.45, 2.75) is 20.3 Å². The predicted molar refractivity (Wildman–Crippen MR) is 66.3 cm³/mol. The third kappa shape index (κ3) is 2.94. The van der Waals surface area contributed by atoms with E-state index in [1.54, 1.807) is 23.5 Å². The van der Waals surface area contributed by atoms with Crippen molar-refractivity contribution in [1.82, 2.24) is 10.3 Å². The summed E-state index contributed by atoms with van der Waals surface area (Å²) in [7, 11) is 0. The molecule has 0 spiro atoms. The van der Waals surface area contributed by atoms with Crippen LogP contribution in [0.3, 0.4) is 0 Å². The lowest BCUT2D eigenvalue weighted by Crippen LogP contribution is -2.25. The van der Waals surface area contributed by atoms with E-state index in [2.05, 4.69) is 10.3 Å².